The standard InChI is InChI=1S/C23H23N5O2/c1-16-22(17(2)27(3)25-16)24-23(29)21-13-14-28(26-21)15-30-20-11-9-19(10-12-20)18-7-5-4-6-8-18/h4-14H,15H2,1-3H3,(H,24,29). The first-order valence-corrected chi connectivity index (χ1v) is 9.64. The van der Waals surface area contributed by atoms with Crippen LogP contribution in [0.1, 0.15) is 21.9 Å². The number of nitrogens with one attached hydrogen (secondary N) is 1. The molecule has 1 amide bonds. The van der Waals surface area contributed by atoms with Gasteiger partial charge >= 0.3 is 0 Å². The van der Waals surface area contributed by atoms with Gasteiger partial charge in [-0.1, -0.05) is 42.5 Å². The molecule has 0 radical (unpaired) electrons. The van der Waals surface area contributed by atoms with Crippen LogP contribution in [0.5, 0.6) is 5.75 Å². The summed E-state index contributed by atoms with van der Waals surface area (Å²) in [6.07, 6.45) is 1.72. The second kappa shape index (κ2) is 8.24. The lowest BCUT2D eigenvalue weighted by atomic mass is 10.1. The highest BCUT2D eigenvalue weighted by Gasteiger charge is 2.15. The van der Waals surface area contributed by atoms with E-state index in [9.17, 15) is 4.79 Å². The zero-order chi connectivity index (χ0) is 21.1. The minimum atomic E-state index is -0.278. The highest BCUT2D eigenvalue weighted by Crippen LogP contribution is 2.22. The molecule has 0 aliphatic carbocycles. The molecule has 0 spiro atoms. The summed E-state index contributed by atoms with van der Waals surface area (Å²) >= 11 is 0. The largest absolute Gasteiger partial charge is 0.471 e. The fraction of sp³-hybridized carbons (Fsp3) is 0.174. The molecule has 0 aliphatic heterocycles. The summed E-state index contributed by atoms with van der Waals surface area (Å²) in [6.45, 7) is 3.98. The molecule has 0 aliphatic rings. The number of carbonyl (C=O) groups excluding carboxylic acids is 1. The first-order valence-electron chi connectivity index (χ1n) is 9.64. The Morgan fingerprint density at radius 1 is 0.967 bits per heavy atom. The Hall–Kier alpha value is -3.87. The first kappa shape index (κ1) is 19.4. The van der Waals surface area contributed by atoms with Crippen molar-refractivity contribution >= 4 is 11.6 Å². The summed E-state index contributed by atoms with van der Waals surface area (Å²) in [6, 6.07) is 19.7. The summed E-state index contributed by atoms with van der Waals surface area (Å²) in [5.41, 5.74) is 4.98. The summed E-state index contributed by atoms with van der Waals surface area (Å²) in [7, 11) is 1.84. The lowest BCUT2D eigenvalue weighted by molar-refractivity contribution is 0.102. The number of amides is 1. The molecular weight excluding hydrogens is 378 g/mol. The number of rotatable bonds is 6. The maximum Gasteiger partial charge on any atom is 0.276 e. The van der Waals surface area contributed by atoms with Crippen molar-refractivity contribution in [1.82, 2.24) is 19.6 Å². The van der Waals surface area contributed by atoms with Crippen LogP contribution in [0.2, 0.25) is 0 Å². The van der Waals surface area contributed by atoms with Gasteiger partial charge in [0.25, 0.3) is 5.91 Å². The maximum atomic E-state index is 12.5. The van der Waals surface area contributed by atoms with Crippen LogP contribution in [0.25, 0.3) is 11.1 Å². The Morgan fingerprint density at radius 2 is 1.67 bits per heavy atom. The maximum absolute atomic E-state index is 12.5. The Balaban J connectivity index is 1.37. The average Bonchev–Trinajstić information content (AvgIpc) is 3.34. The van der Waals surface area contributed by atoms with Crippen LogP contribution in [0.4, 0.5) is 5.69 Å². The SMILES string of the molecule is Cc1nn(C)c(C)c1NC(=O)c1ccn(COc2ccc(-c3ccccc3)cc2)n1. The third-order valence-electron chi connectivity index (χ3n) is 4.95. The summed E-state index contributed by atoms with van der Waals surface area (Å²) in [4.78, 5) is 12.5. The van der Waals surface area contributed by atoms with E-state index in [0.29, 0.717) is 11.4 Å². The Morgan fingerprint density at radius 3 is 2.33 bits per heavy atom. The quantitative estimate of drug-likeness (QED) is 0.526. The molecule has 7 heteroatoms. The minimum absolute atomic E-state index is 0.211. The van der Waals surface area contributed by atoms with Gasteiger partial charge in [-0.25, -0.2) is 4.68 Å². The molecule has 30 heavy (non-hydrogen) atoms. The molecule has 2 aromatic carbocycles. The number of aromatic nitrogens is 4. The molecule has 2 heterocycles. The molecule has 0 bridgehead atoms. The monoisotopic (exact) mass is 401 g/mol. The van der Waals surface area contributed by atoms with Crippen molar-refractivity contribution in [2.24, 2.45) is 7.05 Å². The third-order valence-corrected chi connectivity index (χ3v) is 4.95. The van der Waals surface area contributed by atoms with Crippen LogP contribution in [0, 0.1) is 13.8 Å². The number of benzene rings is 2. The zero-order valence-corrected chi connectivity index (χ0v) is 17.2. The molecule has 0 unspecified atom stereocenters. The van der Waals surface area contributed by atoms with Crippen LogP contribution < -0.4 is 10.1 Å². The number of ether oxygens (including phenoxy) is 1. The van der Waals surface area contributed by atoms with Gasteiger partial charge in [-0.05, 0) is 43.2 Å². The van der Waals surface area contributed by atoms with E-state index in [0.717, 1.165) is 28.3 Å². The van der Waals surface area contributed by atoms with E-state index in [4.69, 9.17) is 4.74 Å². The highest BCUT2D eigenvalue weighted by atomic mass is 16.5. The highest BCUT2D eigenvalue weighted by molar-refractivity contribution is 6.03. The Kier molecular flexibility index (Phi) is 5.34. The van der Waals surface area contributed by atoms with E-state index in [1.54, 1.807) is 21.6 Å². The van der Waals surface area contributed by atoms with Crippen molar-refractivity contribution in [2.75, 3.05) is 5.32 Å². The Bertz CT molecular complexity index is 1160. The predicted molar refractivity (Wildman–Crippen MR) is 115 cm³/mol. The van der Waals surface area contributed by atoms with Crippen molar-refractivity contribution in [3.8, 4) is 16.9 Å². The second-order valence-corrected chi connectivity index (χ2v) is 7.03. The first-order chi connectivity index (χ1) is 14.5. The predicted octanol–water partition coefficient (Wildman–Crippen LogP) is 4.19. The second-order valence-electron chi connectivity index (χ2n) is 7.03. The fourth-order valence-electron chi connectivity index (χ4n) is 3.20. The molecular formula is C23H23N5O2. The number of anilines is 1. The lowest BCUT2D eigenvalue weighted by Crippen LogP contribution is -2.15. The molecule has 0 fully saturated rings. The summed E-state index contributed by atoms with van der Waals surface area (Å²) < 4.78 is 9.11. The summed E-state index contributed by atoms with van der Waals surface area (Å²) in [5.74, 6) is 0.456. The van der Waals surface area contributed by atoms with Crippen molar-refractivity contribution in [3.05, 3.63) is 83.9 Å². The van der Waals surface area contributed by atoms with Crippen molar-refractivity contribution in [2.45, 2.75) is 20.6 Å². The van der Waals surface area contributed by atoms with Crippen molar-refractivity contribution < 1.29 is 9.53 Å². The van der Waals surface area contributed by atoms with E-state index in [-0.39, 0.29) is 12.6 Å². The van der Waals surface area contributed by atoms with E-state index in [2.05, 4.69) is 27.6 Å². The van der Waals surface area contributed by atoms with Crippen LogP contribution in [-0.2, 0) is 13.8 Å². The van der Waals surface area contributed by atoms with Crippen LogP contribution in [-0.4, -0.2) is 25.5 Å². The molecule has 0 atom stereocenters. The van der Waals surface area contributed by atoms with Gasteiger partial charge in [0.15, 0.2) is 12.4 Å². The van der Waals surface area contributed by atoms with E-state index in [1.807, 2.05) is 63.4 Å². The van der Waals surface area contributed by atoms with Crippen molar-refractivity contribution in [3.63, 3.8) is 0 Å². The Labute approximate surface area is 174 Å². The number of hydrogen-bond donors (Lipinski definition) is 1. The fourth-order valence-corrected chi connectivity index (χ4v) is 3.20. The average molecular weight is 401 g/mol. The smallest absolute Gasteiger partial charge is 0.276 e. The molecule has 4 aromatic rings. The van der Waals surface area contributed by atoms with Gasteiger partial charge in [0.05, 0.1) is 17.1 Å². The van der Waals surface area contributed by atoms with E-state index >= 15 is 0 Å². The van der Waals surface area contributed by atoms with Crippen LogP contribution >= 0.6 is 0 Å². The van der Waals surface area contributed by atoms with Crippen molar-refractivity contribution in [1.29, 1.82) is 0 Å². The van der Waals surface area contributed by atoms with Gasteiger partial charge in [-0.15, -0.1) is 0 Å². The zero-order valence-electron chi connectivity index (χ0n) is 17.2. The van der Waals surface area contributed by atoms with Gasteiger partial charge in [0, 0.05) is 13.2 Å². The van der Waals surface area contributed by atoms with Crippen LogP contribution in [0.3, 0.4) is 0 Å². The number of nitrogens with zero attached hydrogens (tertiary/aromatic N) is 4. The molecule has 152 valence electrons. The van der Waals surface area contributed by atoms with Gasteiger partial charge in [0.1, 0.15) is 5.75 Å². The van der Waals surface area contributed by atoms with E-state index < -0.39 is 0 Å². The minimum Gasteiger partial charge on any atom is -0.471 e. The molecule has 0 saturated carbocycles. The van der Waals surface area contributed by atoms with Gasteiger partial charge in [0.2, 0.25) is 0 Å². The molecule has 2 aromatic heterocycles. The molecule has 0 saturated heterocycles. The van der Waals surface area contributed by atoms with Gasteiger partial charge in [-0.3, -0.25) is 9.48 Å². The molecule has 1 N–H and O–H groups in total. The summed E-state index contributed by atoms with van der Waals surface area (Å²) in [5, 5.41) is 11.5. The van der Waals surface area contributed by atoms with Gasteiger partial charge in [-0.2, -0.15) is 10.2 Å². The number of carbonyl (C=O) groups is 1. The van der Waals surface area contributed by atoms with Gasteiger partial charge < -0.3 is 10.1 Å². The van der Waals surface area contributed by atoms with E-state index in [1.165, 1.54) is 0 Å². The topological polar surface area (TPSA) is 74.0 Å². The van der Waals surface area contributed by atoms with Crippen LogP contribution in [0.15, 0.2) is 66.9 Å². The number of hydrogen-bond acceptors (Lipinski definition) is 4. The lowest BCUT2D eigenvalue weighted by Gasteiger charge is -2.08. The number of aryl methyl sites for hydroxylation is 2. The normalized spacial score (nSPS) is 10.8. The third kappa shape index (κ3) is 4.10. The molecule has 4 rings (SSSR count). The molecule has 7 nitrogen and oxygen atoms in total.